The van der Waals surface area contributed by atoms with Gasteiger partial charge in [0.2, 0.25) is 5.89 Å². The van der Waals surface area contributed by atoms with E-state index in [1.165, 1.54) is 0 Å². The van der Waals surface area contributed by atoms with Gasteiger partial charge in [-0.1, -0.05) is 36.4 Å². The van der Waals surface area contributed by atoms with Crippen LogP contribution in [-0.2, 0) is 11.3 Å². The molecule has 4 rings (SSSR count). The number of hydrogen-bond donors (Lipinski definition) is 1. The highest BCUT2D eigenvalue weighted by atomic mass is 16.4. The van der Waals surface area contributed by atoms with Gasteiger partial charge in [-0.25, -0.2) is 4.98 Å². The Kier molecular flexibility index (Phi) is 4.47. The Labute approximate surface area is 152 Å². The zero-order valence-corrected chi connectivity index (χ0v) is 14.8. The van der Waals surface area contributed by atoms with Gasteiger partial charge in [0.05, 0.1) is 11.6 Å². The molecule has 0 amide bonds. The normalized spacial score (nSPS) is 16.2. The summed E-state index contributed by atoms with van der Waals surface area (Å²) in [6, 6.07) is 14.4. The maximum Gasteiger partial charge on any atom is 0.306 e. The molecule has 1 fully saturated rings. The van der Waals surface area contributed by atoms with Crippen LogP contribution in [0.2, 0.25) is 0 Å². The van der Waals surface area contributed by atoms with Crippen LogP contribution in [0.15, 0.2) is 46.9 Å². The Morgan fingerprint density at radius 2 is 1.92 bits per heavy atom. The standard InChI is InChI=1S/C21H22N2O3/c1-14-19(13-23-11-9-16(10-12-23)21(24)25)22-20(26-14)18-8-4-6-15-5-2-3-7-17(15)18/h2-8,16H,9-13H2,1H3,(H,24,25). The number of nitrogens with zero attached hydrogens (tertiary/aromatic N) is 2. The van der Waals surface area contributed by atoms with Crippen molar-refractivity contribution < 1.29 is 14.3 Å². The third-order valence-electron chi connectivity index (χ3n) is 5.22. The summed E-state index contributed by atoms with van der Waals surface area (Å²) in [5, 5.41) is 11.4. The van der Waals surface area contributed by atoms with Crippen LogP contribution in [0.3, 0.4) is 0 Å². The van der Waals surface area contributed by atoms with Crippen molar-refractivity contribution in [2.75, 3.05) is 13.1 Å². The fraction of sp³-hybridized carbons (Fsp3) is 0.333. The van der Waals surface area contributed by atoms with E-state index in [4.69, 9.17) is 14.5 Å². The Morgan fingerprint density at radius 3 is 2.69 bits per heavy atom. The van der Waals surface area contributed by atoms with Gasteiger partial charge in [0.1, 0.15) is 5.76 Å². The summed E-state index contributed by atoms with van der Waals surface area (Å²) in [6.45, 7) is 4.22. The third-order valence-corrected chi connectivity index (χ3v) is 5.22. The fourth-order valence-corrected chi connectivity index (χ4v) is 3.65. The second kappa shape index (κ2) is 6.92. The van der Waals surface area contributed by atoms with Crippen molar-refractivity contribution in [1.82, 2.24) is 9.88 Å². The molecule has 5 nitrogen and oxygen atoms in total. The molecule has 1 N–H and O–H groups in total. The summed E-state index contributed by atoms with van der Waals surface area (Å²) in [7, 11) is 0. The molecule has 0 unspecified atom stereocenters. The summed E-state index contributed by atoms with van der Waals surface area (Å²) in [4.78, 5) is 18.1. The van der Waals surface area contributed by atoms with E-state index in [0.29, 0.717) is 25.3 Å². The Hall–Kier alpha value is -2.66. The zero-order chi connectivity index (χ0) is 18.1. The number of hydrogen-bond acceptors (Lipinski definition) is 4. The molecule has 0 atom stereocenters. The number of oxazole rings is 1. The molecule has 5 heteroatoms. The number of benzene rings is 2. The molecule has 0 saturated carbocycles. The highest BCUT2D eigenvalue weighted by Gasteiger charge is 2.25. The first kappa shape index (κ1) is 16.8. The average molecular weight is 350 g/mol. The molecule has 0 radical (unpaired) electrons. The molecule has 1 aliphatic heterocycles. The minimum atomic E-state index is -0.680. The third kappa shape index (κ3) is 3.22. The van der Waals surface area contributed by atoms with Crippen LogP contribution in [0, 0.1) is 12.8 Å². The number of carbonyl (C=O) groups is 1. The number of fused-ring (bicyclic) bond motifs is 1. The molecule has 26 heavy (non-hydrogen) atoms. The van der Waals surface area contributed by atoms with Crippen LogP contribution in [0.5, 0.6) is 0 Å². The summed E-state index contributed by atoms with van der Waals surface area (Å²) < 4.78 is 5.98. The number of carboxylic acid groups (broad SMARTS) is 1. The van der Waals surface area contributed by atoms with E-state index in [2.05, 4.69) is 23.1 Å². The SMILES string of the molecule is Cc1oc(-c2cccc3ccccc23)nc1CN1CCC(C(=O)O)CC1. The molecule has 134 valence electrons. The van der Waals surface area contributed by atoms with Crippen molar-refractivity contribution in [2.24, 2.45) is 5.92 Å². The summed E-state index contributed by atoms with van der Waals surface area (Å²) in [5.41, 5.74) is 1.93. The van der Waals surface area contributed by atoms with E-state index >= 15 is 0 Å². The highest BCUT2D eigenvalue weighted by Crippen LogP contribution is 2.30. The van der Waals surface area contributed by atoms with Crippen molar-refractivity contribution in [3.8, 4) is 11.5 Å². The van der Waals surface area contributed by atoms with Crippen molar-refractivity contribution in [1.29, 1.82) is 0 Å². The van der Waals surface area contributed by atoms with Crippen LogP contribution < -0.4 is 0 Å². The van der Waals surface area contributed by atoms with Crippen molar-refractivity contribution in [3.63, 3.8) is 0 Å². The summed E-state index contributed by atoms with van der Waals surface area (Å²) in [5.74, 6) is 0.583. The van der Waals surface area contributed by atoms with Crippen LogP contribution in [0.1, 0.15) is 24.3 Å². The molecule has 0 aliphatic carbocycles. The highest BCUT2D eigenvalue weighted by molar-refractivity contribution is 5.94. The number of likely N-dealkylation sites (tertiary alicyclic amines) is 1. The maximum absolute atomic E-state index is 11.1. The lowest BCUT2D eigenvalue weighted by Crippen LogP contribution is -2.36. The predicted octanol–water partition coefficient (Wildman–Crippen LogP) is 4.10. The molecule has 2 heterocycles. The minimum Gasteiger partial charge on any atom is -0.481 e. The zero-order valence-electron chi connectivity index (χ0n) is 14.8. The van der Waals surface area contributed by atoms with Gasteiger partial charge >= 0.3 is 5.97 Å². The molecule has 1 saturated heterocycles. The van der Waals surface area contributed by atoms with E-state index in [1.807, 2.05) is 31.2 Å². The Bertz CT molecular complexity index is 934. The number of aliphatic carboxylic acids is 1. The smallest absolute Gasteiger partial charge is 0.306 e. The molecule has 1 aromatic heterocycles. The van der Waals surface area contributed by atoms with Crippen molar-refractivity contribution in [3.05, 3.63) is 53.9 Å². The number of carboxylic acids is 1. The number of aromatic nitrogens is 1. The predicted molar refractivity (Wildman–Crippen MR) is 99.8 cm³/mol. The number of aryl methyl sites for hydroxylation is 1. The maximum atomic E-state index is 11.1. The van der Waals surface area contributed by atoms with Gasteiger partial charge in [0.15, 0.2) is 0 Å². The lowest BCUT2D eigenvalue weighted by atomic mass is 9.97. The van der Waals surface area contributed by atoms with E-state index in [1.54, 1.807) is 0 Å². The molecule has 3 aromatic rings. The summed E-state index contributed by atoms with van der Waals surface area (Å²) >= 11 is 0. The Balaban J connectivity index is 1.55. The second-order valence-electron chi connectivity index (χ2n) is 6.94. The topological polar surface area (TPSA) is 66.6 Å². The molecule has 2 aromatic carbocycles. The minimum absolute atomic E-state index is 0.212. The molecule has 0 bridgehead atoms. The number of rotatable bonds is 4. The fourth-order valence-electron chi connectivity index (χ4n) is 3.65. The largest absolute Gasteiger partial charge is 0.481 e. The lowest BCUT2D eigenvalue weighted by molar-refractivity contribution is -0.143. The van der Waals surface area contributed by atoms with Gasteiger partial charge in [-0.05, 0) is 49.7 Å². The molecule has 1 aliphatic rings. The van der Waals surface area contributed by atoms with Crippen LogP contribution >= 0.6 is 0 Å². The van der Waals surface area contributed by atoms with Crippen molar-refractivity contribution in [2.45, 2.75) is 26.3 Å². The van der Waals surface area contributed by atoms with Gasteiger partial charge in [-0.15, -0.1) is 0 Å². The van der Waals surface area contributed by atoms with Gasteiger partial charge < -0.3 is 9.52 Å². The van der Waals surface area contributed by atoms with Crippen LogP contribution in [0.4, 0.5) is 0 Å². The van der Waals surface area contributed by atoms with Gasteiger partial charge in [0, 0.05) is 12.1 Å². The van der Waals surface area contributed by atoms with Gasteiger partial charge in [-0.3, -0.25) is 9.69 Å². The van der Waals surface area contributed by atoms with Crippen LogP contribution in [-0.4, -0.2) is 34.0 Å². The van der Waals surface area contributed by atoms with Crippen LogP contribution in [0.25, 0.3) is 22.2 Å². The average Bonchev–Trinajstić information content (AvgIpc) is 3.02. The molecular formula is C21H22N2O3. The second-order valence-corrected chi connectivity index (χ2v) is 6.94. The van der Waals surface area contributed by atoms with Gasteiger partial charge in [0.25, 0.3) is 0 Å². The van der Waals surface area contributed by atoms with E-state index < -0.39 is 5.97 Å². The number of piperidine rings is 1. The van der Waals surface area contributed by atoms with Gasteiger partial charge in [-0.2, -0.15) is 0 Å². The van der Waals surface area contributed by atoms with Crippen molar-refractivity contribution >= 4 is 16.7 Å². The first-order valence-corrected chi connectivity index (χ1v) is 9.01. The lowest BCUT2D eigenvalue weighted by Gasteiger charge is -2.29. The van der Waals surface area contributed by atoms with E-state index in [-0.39, 0.29) is 5.92 Å². The summed E-state index contributed by atoms with van der Waals surface area (Å²) in [6.07, 6.45) is 1.39. The monoisotopic (exact) mass is 350 g/mol. The molecular weight excluding hydrogens is 328 g/mol. The molecule has 0 spiro atoms. The van der Waals surface area contributed by atoms with E-state index in [9.17, 15) is 4.79 Å². The first-order chi connectivity index (χ1) is 12.6. The quantitative estimate of drug-likeness (QED) is 0.767. The Morgan fingerprint density at radius 1 is 1.19 bits per heavy atom. The first-order valence-electron chi connectivity index (χ1n) is 9.01. The van der Waals surface area contributed by atoms with E-state index in [0.717, 1.165) is 40.9 Å².